The number of morpholine rings is 1. The van der Waals surface area contributed by atoms with Gasteiger partial charge in [0, 0.05) is 49.2 Å². The molecular weight excluding hydrogens is 441 g/mol. The van der Waals surface area contributed by atoms with Gasteiger partial charge in [-0.1, -0.05) is 48.5 Å². The Morgan fingerprint density at radius 1 is 0.875 bits per heavy atom. The second-order valence-electron chi connectivity index (χ2n) is 8.57. The summed E-state index contributed by atoms with van der Waals surface area (Å²) >= 11 is 0. The van der Waals surface area contributed by atoms with Gasteiger partial charge in [-0.3, -0.25) is 9.80 Å². The van der Waals surface area contributed by atoms with Gasteiger partial charge in [-0.15, -0.1) is 24.8 Å². The first kappa shape index (κ1) is 24.9. The Morgan fingerprint density at radius 2 is 1.53 bits per heavy atom. The summed E-state index contributed by atoms with van der Waals surface area (Å²) in [5, 5.41) is 1.28. The number of hydrogen-bond acceptors (Lipinski definition) is 4. The maximum atomic E-state index is 5.54. The Kier molecular flexibility index (Phi) is 8.92. The molecule has 1 unspecified atom stereocenters. The maximum absolute atomic E-state index is 5.54. The molecule has 2 saturated heterocycles. The number of nitrogens with zero attached hydrogens (tertiary/aromatic N) is 3. The molecule has 2 aliphatic rings. The lowest BCUT2D eigenvalue weighted by Gasteiger charge is -2.42. The van der Waals surface area contributed by atoms with Crippen molar-refractivity contribution in [1.82, 2.24) is 14.8 Å². The molecule has 0 aliphatic carbocycles. The zero-order chi connectivity index (χ0) is 20.3. The largest absolute Gasteiger partial charge is 0.379 e. The van der Waals surface area contributed by atoms with Crippen LogP contribution in [0, 0.1) is 0 Å². The van der Waals surface area contributed by atoms with Gasteiger partial charge in [0.05, 0.1) is 24.4 Å². The quantitative estimate of drug-likeness (QED) is 0.492. The maximum Gasteiger partial charge on any atom is 0.0713 e. The normalized spacial score (nSPS) is 19.2. The zero-order valence-electron chi connectivity index (χ0n) is 18.7. The van der Waals surface area contributed by atoms with E-state index in [1.54, 1.807) is 0 Å². The lowest BCUT2D eigenvalue weighted by Crippen LogP contribution is -2.49. The van der Waals surface area contributed by atoms with Gasteiger partial charge < -0.3 is 4.74 Å². The molecule has 2 aliphatic heterocycles. The van der Waals surface area contributed by atoms with Crippen molar-refractivity contribution in [2.45, 2.75) is 31.8 Å². The van der Waals surface area contributed by atoms with E-state index >= 15 is 0 Å². The van der Waals surface area contributed by atoms with Crippen LogP contribution in [0.1, 0.15) is 31.4 Å². The van der Waals surface area contributed by atoms with Crippen LogP contribution in [-0.2, 0) is 4.74 Å². The fourth-order valence-corrected chi connectivity index (χ4v) is 5.08. The van der Waals surface area contributed by atoms with Crippen LogP contribution in [-0.4, -0.2) is 60.2 Å². The van der Waals surface area contributed by atoms with E-state index in [1.807, 2.05) is 0 Å². The Labute approximate surface area is 203 Å². The molecule has 0 amide bonds. The van der Waals surface area contributed by atoms with Gasteiger partial charge in [0.1, 0.15) is 0 Å². The first-order chi connectivity index (χ1) is 14.8. The lowest BCUT2D eigenvalue weighted by molar-refractivity contribution is -0.00255. The smallest absolute Gasteiger partial charge is 0.0713 e. The molecule has 2 aromatic carbocycles. The summed E-state index contributed by atoms with van der Waals surface area (Å²) < 4.78 is 5.54. The Hall–Kier alpha value is -1.69. The molecule has 4 nitrogen and oxygen atoms in total. The van der Waals surface area contributed by atoms with Crippen LogP contribution in [0.15, 0.2) is 60.7 Å². The van der Waals surface area contributed by atoms with Crippen molar-refractivity contribution >= 4 is 35.7 Å². The number of para-hydroxylation sites is 1. The number of likely N-dealkylation sites (tertiary alicyclic amines) is 1. The highest BCUT2D eigenvalue weighted by atomic mass is 35.5. The number of hydrogen-bond donors (Lipinski definition) is 0. The van der Waals surface area contributed by atoms with Crippen molar-refractivity contribution < 1.29 is 4.74 Å². The van der Waals surface area contributed by atoms with E-state index in [0.29, 0.717) is 12.1 Å². The van der Waals surface area contributed by atoms with Crippen LogP contribution in [0.3, 0.4) is 0 Å². The molecule has 0 radical (unpaired) electrons. The van der Waals surface area contributed by atoms with Crippen LogP contribution in [0.5, 0.6) is 0 Å². The molecular formula is C26H33Cl2N3O. The molecule has 0 spiro atoms. The number of pyridine rings is 1. The summed E-state index contributed by atoms with van der Waals surface area (Å²) in [5.74, 6) is 0. The fourth-order valence-electron chi connectivity index (χ4n) is 5.08. The third-order valence-electron chi connectivity index (χ3n) is 6.88. The average molecular weight is 474 g/mol. The molecule has 172 valence electrons. The molecule has 3 aromatic rings. The minimum atomic E-state index is 0. The molecule has 0 N–H and O–H groups in total. The van der Waals surface area contributed by atoms with Gasteiger partial charge >= 0.3 is 0 Å². The Balaban J connectivity index is 0.00000144. The number of halogens is 2. The molecule has 6 heteroatoms. The third-order valence-corrected chi connectivity index (χ3v) is 6.88. The van der Waals surface area contributed by atoms with E-state index in [0.717, 1.165) is 50.6 Å². The van der Waals surface area contributed by atoms with Crippen molar-refractivity contribution in [3.63, 3.8) is 0 Å². The van der Waals surface area contributed by atoms with Gasteiger partial charge in [-0.05, 0) is 37.5 Å². The molecule has 2 fully saturated rings. The second kappa shape index (κ2) is 11.4. The van der Waals surface area contributed by atoms with Crippen LogP contribution in [0.2, 0.25) is 0 Å². The number of fused-ring (bicyclic) bond motifs is 1. The highest BCUT2D eigenvalue weighted by molar-refractivity contribution is 5.86. The van der Waals surface area contributed by atoms with Crippen molar-refractivity contribution in [3.8, 4) is 11.3 Å². The van der Waals surface area contributed by atoms with E-state index in [1.165, 1.54) is 29.4 Å². The minimum absolute atomic E-state index is 0. The van der Waals surface area contributed by atoms with Gasteiger partial charge in [0.25, 0.3) is 0 Å². The minimum Gasteiger partial charge on any atom is -0.379 e. The Morgan fingerprint density at radius 3 is 2.25 bits per heavy atom. The van der Waals surface area contributed by atoms with Gasteiger partial charge in [-0.2, -0.15) is 0 Å². The van der Waals surface area contributed by atoms with Crippen LogP contribution in [0.4, 0.5) is 0 Å². The van der Waals surface area contributed by atoms with Crippen LogP contribution < -0.4 is 0 Å². The highest BCUT2D eigenvalue weighted by Crippen LogP contribution is 2.33. The van der Waals surface area contributed by atoms with E-state index in [9.17, 15) is 0 Å². The summed E-state index contributed by atoms with van der Waals surface area (Å²) in [7, 11) is 0. The van der Waals surface area contributed by atoms with E-state index in [4.69, 9.17) is 9.72 Å². The fraction of sp³-hybridized carbons (Fsp3) is 0.423. The predicted molar refractivity (Wildman–Crippen MR) is 137 cm³/mol. The molecule has 1 aromatic heterocycles. The summed E-state index contributed by atoms with van der Waals surface area (Å²) in [4.78, 5) is 10.3. The lowest BCUT2D eigenvalue weighted by atomic mass is 9.95. The van der Waals surface area contributed by atoms with E-state index in [-0.39, 0.29) is 24.8 Å². The molecule has 3 heterocycles. The standard InChI is InChI=1S/C26H31N3O.2ClH/c1-20(28-13-11-22(12-14-28)29-15-17-30-18-16-29)24-19-26(21-7-3-2-4-8-21)27-25-10-6-5-9-23(24)25;;/h2-10,19-20,22H,11-18H2,1H3;2*1H. The highest BCUT2D eigenvalue weighted by Gasteiger charge is 2.29. The monoisotopic (exact) mass is 473 g/mol. The third kappa shape index (κ3) is 5.27. The molecule has 5 rings (SSSR count). The van der Waals surface area contributed by atoms with Gasteiger partial charge in [0.15, 0.2) is 0 Å². The number of aromatic nitrogens is 1. The summed E-state index contributed by atoms with van der Waals surface area (Å²) in [6.45, 7) is 8.64. The van der Waals surface area contributed by atoms with Crippen molar-refractivity contribution in [3.05, 3.63) is 66.2 Å². The first-order valence-corrected chi connectivity index (χ1v) is 11.3. The summed E-state index contributed by atoms with van der Waals surface area (Å²) in [6, 6.07) is 22.5. The first-order valence-electron chi connectivity index (χ1n) is 11.3. The second-order valence-corrected chi connectivity index (χ2v) is 8.57. The van der Waals surface area contributed by atoms with Gasteiger partial charge in [0.2, 0.25) is 0 Å². The Bertz CT molecular complexity index is 987. The van der Waals surface area contributed by atoms with Crippen molar-refractivity contribution in [2.75, 3.05) is 39.4 Å². The zero-order valence-corrected chi connectivity index (χ0v) is 20.3. The molecule has 32 heavy (non-hydrogen) atoms. The predicted octanol–water partition coefficient (Wildman–Crippen LogP) is 5.60. The summed E-state index contributed by atoms with van der Waals surface area (Å²) in [6.07, 6.45) is 2.50. The van der Waals surface area contributed by atoms with E-state index in [2.05, 4.69) is 77.4 Å². The number of piperidine rings is 1. The van der Waals surface area contributed by atoms with Gasteiger partial charge in [-0.25, -0.2) is 4.98 Å². The average Bonchev–Trinajstić information content (AvgIpc) is 2.84. The van der Waals surface area contributed by atoms with Crippen molar-refractivity contribution in [1.29, 1.82) is 0 Å². The molecule has 1 atom stereocenters. The van der Waals surface area contributed by atoms with Crippen LogP contribution >= 0.6 is 24.8 Å². The van der Waals surface area contributed by atoms with E-state index < -0.39 is 0 Å². The summed E-state index contributed by atoms with van der Waals surface area (Å²) in [5.41, 5.74) is 4.73. The molecule has 0 saturated carbocycles. The molecule has 0 bridgehead atoms. The van der Waals surface area contributed by atoms with Crippen molar-refractivity contribution in [2.24, 2.45) is 0 Å². The number of rotatable bonds is 4. The SMILES string of the molecule is CC(c1cc(-c2ccccc2)nc2ccccc12)N1CCC(N2CCOCC2)CC1.Cl.Cl. The van der Waals surface area contributed by atoms with Crippen LogP contribution in [0.25, 0.3) is 22.2 Å². The number of ether oxygens (including phenoxy) is 1. The topological polar surface area (TPSA) is 28.6 Å². The number of benzene rings is 2.